The monoisotopic (exact) mass is 483 g/mol. The molecule has 35 heavy (non-hydrogen) atoms. The first-order valence-corrected chi connectivity index (χ1v) is 12.4. The molecule has 0 spiro atoms. The summed E-state index contributed by atoms with van der Waals surface area (Å²) in [7, 11) is 0. The Hall–Kier alpha value is -3.80. The Labute approximate surface area is 207 Å². The van der Waals surface area contributed by atoms with Crippen LogP contribution in [0.5, 0.6) is 0 Å². The van der Waals surface area contributed by atoms with Gasteiger partial charge in [0.25, 0.3) is 5.56 Å². The summed E-state index contributed by atoms with van der Waals surface area (Å²) in [5, 5.41) is 11.5. The number of rotatable bonds is 5. The highest BCUT2D eigenvalue weighted by Crippen LogP contribution is 2.30. The van der Waals surface area contributed by atoms with Crippen molar-refractivity contribution in [1.29, 1.82) is 5.26 Å². The fourth-order valence-electron chi connectivity index (χ4n) is 4.37. The van der Waals surface area contributed by atoms with Gasteiger partial charge in [-0.05, 0) is 30.2 Å². The summed E-state index contributed by atoms with van der Waals surface area (Å²) in [6.07, 6.45) is 1.49. The summed E-state index contributed by atoms with van der Waals surface area (Å²) in [5.41, 5.74) is 4.62. The van der Waals surface area contributed by atoms with Gasteiger partial charge in [-0.2, -0.15) is 5.26 Å². The maximum Gasteiger partial charge on any atom is 0.263 e. The molecule has 1 saturated heterocycles. The first kappa shape index (κ1) is 23.0. The number of benzene rings is 2. The van der Waals surface area contributed by atoms with E-state index in [4.69, 9.17) is 5.26 Å². The second-order valence-electron chi connectivity index (χ2n) is 8.84. The lowest BCUT2D eigenvalue weighted by molar-refractivity contribution is -0.133. The van der Waals surface area contributed by atoms with Gasteiger partial charge >= 0.3 is 0 Å². The molecule has 0 bridgehead atoms. The lowest BCUT2D eigenvalue weighted by atomic mass is 10.1. The van der Waals surface area contributed by atoms with E-state index in [1.807, 2.05) is 65.7 Å². The highest BCUT2D eigenvalue weighted by molar-refractivity contribution is 7.17. The number of thiophene rings is 1. The second-order valence-corrected chi connectivity index (χ2v) is 9.70. The topological polar surface area (TPSA) is 82.2 Å². The number of hydrogen-bond acceptors (Lipinski definition) is 6. The summed E-state index contributed by atoms with van der Waals surface area (Å²) >= 11 is 1.44. The molecule has 3 heterocycles. The van der Waals surface area contributed by atoms with Crippen molar-refractivity contribution in [3.8, 4) is 17.2 Å². The van der Waals surface area contributed by atoms with Crippen LogP contribution < -0.4 is 5.56 Å². The average Bonchev–Trinajstić information content (AvgIpc) is 3.32. The third kappa shape index (κ3) is 4.87. The van der Waals surface area contributed by atoms with Gasteiger partial charge in [0, 0.05) is 43.7 Å². The Morgan fingerprint density at radius 1 is 1.06 bits per heavy atom. The molecule has 1 aliphatic rings. The molecule has 1 amide bonds. The van der Waals surface area contributed by atoms with Crippen molar-refractivity contribution in [2.75, 3.05) is 26.2 Å². The largest absolute Gasteiger partial charge is 0.339 e. The summed E-state index contributed by atoms with van der Waals surface area (Å²) in [6, 6.07) is 17.8. The number of amides is 1. The van der Waals surface area contributed by atoms with Gasteiger partial charge in [-0.15, -0.1) is 11.3 Å². The van der Waals surface area contributed by atoms with Crippen molar-refractivity contribution in [2.45, 2.75) is 20.0 Å². The number of hydrogen-bond donors (Lipinski definition) is 0. The van der Waals surface area contributed by atoms with Crippen molar-refractivity contribution in [3.05, 3.63) is 87.3 Å². The molecule has 8 heteroatoms. The number of nitrogens with zero attached hydrogens (tertiary/aromatic N) is 5. The minimum absolute atomic E-state index is 0.0133. The second kappa shape index (κ2) is 9.82. The van der Waals surface area contributed by atoms with Crippen LogP contribution in [0.2, 0.25) is 0 Å². The van der Waals surface area contributed by atoms with Crippen molar-refractivity contribution < 1.29 is 4.79 Å². The summed E-state index contributed by atoms with van der Waals surface area (Å²) in [4.78, 5) is 35.6. The lowest BCUT2D eigenvalue weighted by Gasteiger charge is -2.34. The Morgan fingerprint density at radius 3 is 2.46 bits per heavy atom. The van der Waals surface area contributed by atoms with Crippen LogP contribution in [0.3, 0.4) is 0 Å². The van der Waals surface area contributed by atoms with Gasteiger partial charge in [0.15, 0.2) is 0 Å². The van der Waals surface area contributed by atoms with Crippen LogP contribution >= 0.6 is 11.3 Å². The maximum absolute atomic E-state index is 13.3. The van der Waals surface area contributed by atoms with Crippen LogP contribution in [0.25, 0.3) is 21.3 Å². The van der Waals surface area contributed by atoms with Crippen LogP contribution in [-0.4, -0.2) is 51.4 Å². The van der Waals surface area contributed by atoms with Gasteiger partial charge in [0.05, 0.1) is 23.3 Å². The fourth-order valence-corrected chi connectivity index (χ4v) is 5.28. The first-order chi connectivity index (χ1) is 17.0. The van der Waals surface area contributed by atoms with Crippen LogP contribution in [0.15, 0.2) is 65.0 Å². The predicted octanol–water partition coefficient (Wildman–Crippen LogP) is 3.65. The molecule has 0 N–H and O–H groups in total. The van der Waals surface area contributed by atoms with E-state index in [-0.39, 0.29) is 18.0 Å². The zero-order chi connectivity index (χ0) is 24.4. The number of carbonyl (C=O) groups is 1. The standard InChI is InChI=1S/C27H25N5O2S/c1-19-2-8-22(9-3-19)23-17-35-26-25(23)27(34)32(18-29-26)16-24(33)31-12-10-30(11-13-31)15-21-6-4-20(14-28)5-7-21/h2-9,17-18H,10-13,15-16H2,1H3. The van der Waals surface area contributed by atoms with E-state index < -0.39 is 0 Å². The molecule has 7 nitrogen and oxygen atoms in total. The zero-order valence-electron chi connectivity index (χ0n) is 19.5. The van der Waals surface area contributed by atoms with Crippen molar-refractivity contribution in [2.24, 2.45) is 0 Å². The molecule has 0 atom stereocenters. The molecular weight excluding hydrogens is 458 g/mol. The van der Waals surface area contributed by atoms with Crippen LogP contribution in [0.1, 0.15) is 16.7 Å². The molecule has 2 aromatic heterocycles. The number of carbonyl (C=O) groups excluding carboxylic acids is 1. The number of piperazine rings is 1. The normalized spacial score (nSPS) is 14.2. The third-order valence-corrected chi connectivity index (χ3v) is 7.33. The quantitative estimate of drug-likeness (QED) is 0.433. The maximum atomic E-state index is 13.3. The Balaban J connectivity index is 1.25. The van der Waals surface area contributed by atoms with Gasteiger partial charge in [-0.1, -0.05) is 42.0 Å². The van der Waals surface area contributed by atoms with E-state index in [9.17, 15) is 9.59 Å². The summed E-state index contributed by atoms with van der Waals surface area (Å²) in [5.74, 6) is -0.0709. The number of aryl methyl sites for hydroxylation is 1. The Kier molecular flexibility index (Phi) is 6.45. The minimum atomic E-state index is -0.181. The van der Waals surface area contributed by atoms with E-state index in [1.165, 1.54) is 22.2 Å². The Morgan fingerprint density at radius 2 is 1.77 bits per heavy atom. The third-order valence-electron chi connectivity index (χ3n) is 6.44. The molecule has 1 fully saturated rings. The molecule has 2 aromatic carbocycles. The SMILES string of the molecule is Cc1ccc(-c2csc3ncn(CC(=O)N4CCN(Cc5ccc(C#N)cc5)CC4)c(=O)c23)cc1. The smallest absolute Gasteiger partial charge is 0.263 e. The molecule has 0 aliphatic carbocycles. The Bertz CT molecular complexity index is 1460. The first-order valence-electron chi connectivity index (χ1n) is 11.5. The van der Waals surface area contributed by atoms with Gasteiger partial charge < -0.3 is 4.90 Å². The molecule has 0 radical (unpaired) electrons. The molecule has 0 saturated carbocycles. The molecule has 176 valence electrons. The van der Waals surface area contributed by atoms with Gasteiger partial charge in [-0.3, -0.25) is 19.1 Å². The molecule has 1 aliphatic heterocycles. The number of fused-ring (bicyclic) bond motifs is 1. The average molecular weight is 484 g/mol. The molecule has 4 aromatic rings. The van der Waals surface area contributed by atoms with E-state index in [0.29, 0.717) is 28.9 Å². The molecule has 5 rings (SSSR count). The van der Waals surface area contributed by atoms with Crippen LogP contribution in [0.4, 0.5) is 0 Å². The van der Waals surface area contributed by atoms with E-state index in [1.54, 1.807) is 0 Å². The molecular formula is C27H25N5O2S. The van der Waals surface area contributed by atoms with E-state index >= 15 is 0 Å². The molecule has 0 unspecified atom stereocenters. The predicted molar refractivity (Wildman–Crippen MR) is 137 cm³/mol. The van der Waals surface area contributed by atoms with Gasteiger partial charge in [0.1, 0.15) is 11.4 Å². The van der Waals surface area contributed by atoms with E-state index in [2.05, 4.69) is 16.0 Å². The highest BCUT2D eigenvalue weighted by Gasteiger charge is 2.22. The highest BCUT2D eigenvalue weighted by atomic mass is 32.1. The van der Waals surface area contributed by atoms with Gasteiger partial charge in [-0.25, -0.2) is 4.98 Å². The van der Waals surface area contributed by atoms with Crippen LogP contribution in [-0.2, 0) is 17.9 Å². The minimum Gasteiger partial charge on any atom is -0.339 e. The summed E-state index contributed by atoms with van der Waals surface area (Å²) < 4.78 is 1.43. The van der Waals surface area contributed by atoms with Crippen LogP contribution in [0, 0.1) is 18.3 Å². The fraction of sp³-hybridized carbons (Fsp3) is 0.259. The zero-order valence-corrected chi connectivity index (χ0v) is 20.3. The summed E-state index contributed by atoms with van der Waals surface area (Å²) in [6.45, 7) is 5.57. The number of nitriles is 1. The van der Waals surface area contributed by atoms with Crippen molar-refractivity contribution in [3.63, 3.8) is 0 Å². The number of aromatic nitrogens is 2. The lowest BCUT2D eigenvalue weighted by Crippen LogP contribution is -2.49. The van der Waals surface area contributed by atoms with E-state index in [0.717, 1.165) is 41.9 Å². The van der Waals surface area contributed by atoms with Crippen molar-refractivity contribution in [1.82, 2.24) is 19.4 Å². The van der Waals surface area contributed by atoms with Gasteiger partial charge in [0.2, 0.25) is 5.91 Å². The van der Waals surface area contributed by atoms with Crippen molar-refractivity contribution >= 4 is 27.5 Å².